The van der Waals surface area contributed by atoms with Gasteiger partial charge in [0.1, 0.15) is 6.54 Å². The Labute approximate surface area is 152 Å². The van der Waals surface area contributed by atoms with E-state index >= 15 is 0 Å². The highest BCUT2D eigenvalue weighted by Crippen LogP contribution is 2.22. The fraction of sp³-hybridized carbons (Fsp3) is 0.190. The number of fused-ring (bicyclic) bond motifs is 1. The number of nitrogens with one attached hydrogen (secondary N) is 2. The lowest BCUT2D eigenvalue weighted by Gasteiger charge is -2.15. The van der Waals surface area contributed by atoms with Gasteiger partial charge in [-0.05, 0) is 29.7 Å². The summed E-state index contributed by atoms with van der Waals surface area (Å²) in [5, 5.41) is 5.07. The number of halogens is 1. The van der Waals surface area contributed by atoms with Crippen molar-refractivity contribution in [2.45, 2.75) is 6.54 Å². The molecular weight excluding hydrogens is 331 g/mol. The van der Waals surface area contributed by atoms with Crippen LogP contribution in [0.4, 0.5) is 10.1 Å². The predicted octanol–water partition coefficient (Wildman–Crippen LogP) is 2.64. The van der Waals surface area contributed by atoms with Crippen LogP contribution in [0.25, 0.3) is 10.8 Å². The summed E-state index contributed by atoms with van der Waals surface area (Å²) in [6, 6.07) is 18.6. The third-order valence-electron chi connectivity index (χ3n) is 4.25. The molecule has 0 radical (unpaired) electrons. The highest BCUT2D eigenvalue weighted by molar-refractivity contribution is 6.02. The van der Waals surface area contributed by atoms with Gasteiger partial charge in [0, 0.05) is 16.6 Å². The Bertz CT molecular complexity index is 922. The van der Waals surface area contributed by atoms with Gasteiger partial charge in [0.15, 0.2) is 18.1 Å². The van der Waals surface area contributed by atoms with Crippen LogP contribution in [0.15, 0.2) is 60.7 Å². The first-order valence-corrected chi connectivity index (χ1v) is 8.48. The second-order valence-corrected chi connectivity index (χ2v) is 6.35. The van der Waals surface area contributed by atoms with E-state index in [-0.39, 0.29) is 18.2 Å². The summed E-state index contributed by atoms with van der Waals surface area (Å²) in [6.07, 6.45) is 0. The number of benzene rings is 3. The molecule has 3 rings (SSSR count). The summed E-state index contributed by atoms with van der Waals surface area (Å²) in [7, 11) is 3.35. The number of hydrogen-bond acceptors (Lipinski definition) is 2. The zero-order valence-corrected chi connectivity index (χ0v) is 14.9. The largest absolute Gasteiger partial charge is 0.494 e. The quantitative estimate of drug-likeness (QED) is 0.715. The fourth-order valence-corrected chi connectivity index (χ4v) is 3.03. The van der Waals surface area contributed by atoms with E-state index in [0.29, 0.717) is 6.54 Å². The number of amides is 1. The number of methoxy groups -OCH3 is 1. The minimum atomic E-state index is -0.391. The lowest BCUT2D eigenvalue weighted by atomic mass is 10.1. The lowest BCUT2D eigenvalue weighted by Crippen LogP contribution is -3.08. The van der Waals surface area contributed by atoms with Crippen LogP contribution in [-0.4, -0.2) is 26.6 Å². The van der Waals surface area contributed by atoms with E-state index in [1.54, 1.807) is 6.07 Å². The van der Waals surface area contributed by atoms with Crippen LogP contribution in [0.5, 0.6) is 5.75 Å². The average molecular weight is 353 g/mol. The summed E-state index contributed by atoms with van der Waals surface area (Å²) >= 11 is 0. The summed E-state index contributed by atoms with van der Waals surface area (Å²) in [5.74, 6) is -0.244. The van der Waals surface area contributed by atoms with Gasteiger partial charge in [-0.2, -0.15) is 0 Å². The summed E-state index contributed by atoms with van der Waals surface area (Å²) in [6.45, 7) is 0.834. The van der Waals surface area contributed by atoms with E-state index < -0.39 is 5.82 Å². The molecule has 0 fully saturated rings. The Morgan fingerprint density at radius 1 is 1.12 bits per heavy atom. The van der Waals surface area contributed by atoms with E-state index in [1.807, 2.05) is 55.6 Å². The van der Waals surface area contributed by atoms with Crippen LogP contribution in [0, 0.1) is 5.82 Å². The zero-order valence-electron chi connectivity index (χ0n) is 14.9. The molecular formula is C21H22FN2O2+. The van der Waals surface area contributed by atoms with Crippen molar-refractivity contribution in [3.8, 4) is 5.75 Å². The molecule has 1 unspecified atom stereocenters. The van der Waals surface area contributed by atoms with Crippen molar-refractivity contribution in [2.75, 3.05) is 26.0 Å². The Morgan fingerprint density at radius 3 is 2.65 bits per heavy atom. The molecule has 0 spiro atoms. The molecule has 3 aromatic carbocycles. The molecule has 0 aromatic heterocycles. The molecule has 0 aliphatic rings. The number of carbonyl (C=O) groups excluding carboxylic acids is 1. The maximum Gasteiger partial charge on any atom is 0.279 e. The van der Waals surface area contributed by atoms with Crippen molar-refractivity contribution >= 4 is 22.4 Å². The molecule has 134 valence electrons. The van der Waals surface area contributed by atoms with Gasteiger partial charge in [-0.3, -0.25) is 4.79 Å². The Morgan fingerprint density at radius 2 is 1.88 bits per heavy atom. The van der Waals surface area contributed by atoms with Crippen molar-refractivity contribution in [3.63, 3.8) is 0 Å². The van der Waals surface area contributed by atoms with E-state index in [0.717, 1.165) is 26.9 Å². The first-order valence-electron chi connectivity index (χ1n) is 8.48. The number of likely N-dealkylation sites (N-methyl/N-ethyl adjacent to an activating group) is 1. The van der Waals surface area contributed by atoms with Crippen molar-refractivity contribution in [1.82, 2.24) is 0 Å². The van der Waals surface area contributed by atoms with E-state index in [9.17, 15) is 9.18 Å². The average Bonchev–Trinajstić information content (AvgIpc) is 2.62. The van der Waals surface area contributed by atoms with Crippen LogP contribution < -0.4 is 15.0 Å². The minimum absolute atomic E-state index is 0.0761. The van der Waals surface area contributed by atoms with E-state index in [2.05, 4.69) is 5.32 Å². The maximum absolute atomic E-state index is 13.8. The van der Waals surface area contributed by atoms with Crippen LogP contribution in [0.2, 0.25) is 0 Å². The SMILES string of the molecule is COc1ccc(C[NH+](C)CC(=O)Nc2cccc3ccccc23)cc1F. The van der Waals surface area contributed by atoms with E-state index in [1.165, 1.54) is 13.2 Å². The smallest absolute Gasteiger partial charge is 0.279 e. The Hall–Kier alpha value is -2.92. The second kappa shape index (κ2) is 7.97. The Kier molecular flexibility index (Phi) is 5.49. The zero-order chi connectivity index (χ0) is 18.5. The van der Waals surface area contributed by atoms with Crippen LogP contribution in [0.1, 0.15) is 5.56 Å². The van der Waals surface area contributed by atoms with E-state index in [4.69, 9.17) is 4.74 Å². The van der Waals surface area contributed by atoms with Crippen LogP contribution in [0.3, 0.4) is 0 Å². The molecule has 0 bridgehead atoms. The topological polar surface area (TPSA) is 42.8 Å². The van der Waals surface area contributed by atoms with Gasteiger partial charge in [0.2, 0.25) is 0 Å². The van der Waals surface area contributed by atoms with Gasteiger partial charge in [0.05, 0.1) is 14.2 Å². The number of anilines is 1. The summed E-state index contributed by atoms with van der Waals surface area (Å²) < 4.78 is 18.7. The summed E-state index contributed by atoms with van der Waals surface area (Å²) in [5.41, 5.74) is 1.62. The molecule has 5 heteroatoms. The van der Waals surface area contributed by atoms with Crippen molar-refractivity contribution in [3.05, 3.63) is 72.0 Å². The number of hydrogen-bond donors (Lipinski definition) is 2. The third kappa shape index (κ3) is 4.18. The molecule has 0 aliphatic carbocycles. The monoisotopic (exact) mass is 353 g/mol. The fourth-order valence-electron chi connectivity index (χ4n) is 3.03. The number of quaternary nitrogens is 1. The number of carbonyl (C=O) groups is 1. The van der Waals surface area contributed by atoms with Gasteiger partial charge in [0.25, 0.3) is 5.91 Å². The van der Waals surface area contributed by atoms with Crippen molar-refractivity contribution in [1.29, 1.82) is 0 Å². The molecule has 1 amide bonds. The lowest BCUT2D eigenvalue weighted by molar-refractivity contribution is -0.885. The normalized spacial score (nSPS) is 12.0. The highest BCUT2D eigenvalue weighted by Gasteiger charge is 2.13. The predicted molar refractivity (Wildman–Crippen MR) is 101 cm³/mol. The van der Waals surface area contributed by atoms with Gasteiger partial charge in [-0.15, -0.1) is 0 Å². The second-order valence-electron chi connectivity index (χ2n) is 6.35. The van der Waals surface area contributed by atoms with Gasteiger partial charge < -0.3 is 15.0 Å². The molecule has 1 atom stereocenters. The molecule has 4 nitrogen and oxygen atoms in total. The minimum Gasteiger partial charge on any atom is -0.494 e. The van der Waals surface area contributed by atoms with Gasteiger partial charge in [-0.25, -0.2) is 4.39 Å². The van der Waals surface area contributed by atoms with Crippen LogP contribution in [-0.2, 0) is 11.3 Å². The first kappa shape index (κ1) is 17.9. The molecule has 0 heterocycles. The highest BCUT2D eigenvalue weighted by atomic mass is 19.1. The third-order valence-corrected chi connectivity index (χ3v) is 4.25. The van der Waals surface area contributed by atoms with Crippen molar-refractivity contribution in [2.24, 2.45) is 0 Å². The number of ether oxygens (including phenoxy) is 1. The standard InChI is InChI=1S/C21H21FN2O2/c1-24(13-15-10-11-20(26-2)18(22)12-15)14-21(25)23-19-9-5-7-16-6-3-4-8-17(16)19/h3-12H,13-14H2,1-2H3,(H,23,25)/p+1. The molecule has 0 aliphatic heterocycles. The number of rotatable bonds is 6. The Balaban J connectivity index is 1.63. The molecule has 0 saturated heterocycles. The molecule has 3 aromatic rings. The van der Waals surface area contributed by atoms with Gasteiger partial charge >= 0.3 is 0 Å². The maximum atomic E-state index is 13.8. The van der Waals surface area contributed by atoms with Crippen LogP contribution >= 0.6 is 0 Å². The molecule has 2 N–H and O–H groups in total. The summed E-state index contributed by atoms with van der Waals surface area (Å²) in [4.78, 5) is 13.4. The molecule has 0 saturated carbocycles. The van der Waals surface area contributed by atoms with Gasteiger partial charge in [-0.1, -0.05) is 36.4 Å². The van der Waals surface area contributed by atoms with Crippen molar-refractivity contribution < 1.29 is 18.8 Å². The molecule has 26 heavy (non-hydrogen) atoms. The first-order chi connectivity index (χ1) is 12.6.